The van der Waals surface area contributed by atoms with Gasteiger partial charge in [0, 0.05) is 19.9 Å². The Labute approximate surface area is 105 Å². The number of hydrogen-bond donors (Lipinski definition) is 2. The molecule has 17 heavy (non-hydrogen) atoms. The van der Waals surface area contributed by atoms with E-state index in [-0.39, 0.29) is 16.2 Å². The van der Waals surface area contributed by atoms with Crippen LogP contribution in [0.2, 0.25) is 5.02 Å². The van der Waals surface area contributed by atoms with Crippen molar-refractivity contribution in [2.75, 3.05) is 19.0 Å². The number of aromatic nitrogens is 1. The molecule has 1 heterocycles. The fourth-order valence-corrected chi connectivity index (χ4v) is 1.29. The molecule has 6 heteroatoms. The van der Waals surface area contributed by atoms with Crippen molar-refractivity contribution in [3.05, 3.63) is 22.8 Å². The van der Waals surface area contributed by atoms with Crippen LogP contribution in [0.15, 0.2) is 12.3 Å². The van der Waals surface area contributed by atoms with Gasteiger partial charge in [-0.2, -0.15) is 0 Å². The van der Waals surface area contributed by atoms with E-state index in [9.17, 15) is 4.79 Å². The highest BCUT2D eigenvalue weighted by molar-refractivity contribution is 6.33. The topological polar surface area (TPSA) is 71.5 Å². The van der Waals surface area contributed by atoms with E-state index in [0.717, 1.165) is 0 Å². The lowest BCUT2D eigenvalue weighted by atomic mass is 10.1. The Hall–Kier alpha value is -1.33. The molecule has 0 atom stereocenters. The summed E-state index contributed by atoms with van der Waals surface area (Å²) in [4.78, 5) is 14.6. The number of nitrogens with one attached hydrogen (secondary N) is 1. The fraction of sp³-hybridized carbons (Fsp3) is 0.455. The second kappa shape index (κ2) is 5.33. The molecule has 0 saturated carbocycles. The highest BCUT2D eigenvalue weighted by Gasteiger charge is 2.17. The van der Waals surface area contributed by atoms with Gasteiger partial charge in [0.05, 0.1) is 16.2 Å². The summed E-state index contributed by atoms with van der Waals surface area (Å²) in [6, 6.07) is 1.36. The van der Waals surface area contributed by atoms with Crippen LogP contribution in [0.25, 0.3) is 0 Å². The number of hydrogen-bond acceptors (Lipinski definition) is 4. The third-order valence-corrected chi connectivity index (χ3v) is 2.61. The second-order valence-corrected chi connectivity index (χ2v) is 4.58. The average molecular weight is 259 g/mol. The zero-order chi connectivity index (χ0) is 13.1. The van der Waals surface area contributed by atoms with Gasteiger partial charge < -0.3 is 15.2 Å². The third-order valence-electron chi connectivity index (χ3n) is 2.32. The number of carbonyl (C=O) groups is 1. The third kappa shape index (κ3) is 3.87. The van der Waals surface area contributed by atoms with Gasteiger partial charge in [-0.25, -0.2) is 9.78 Å². The van der Waals surface area contributed by atoms with Crippen molar-refractivity contribution in [3.8, 4) is 0 Å². The van der Waals surface area contributed by atoms with E-state index < -0.39 is 5.97 Å². The van der Waals surface area contributed by atoms with Crippen LogP contribution in [-0.4, -0.2) is 35.3 Å². The molecule has 0 amide bonds. The molecule has 0 bridgehead atoms. The summed E-state index contributed by atoms with van der Waals surface area (Å²) in [5.74, 6) is -0.607. The number of nitrogens with zero attached hydrogens (tertiary/aromatic N) is 1. The van der Waals surface area contributed by atoms with Crippen LogP contribution in [0.5, 0.6) is 0 Å². The molecule has 5 nitrogen and oxygen atoms in total. The number of ether oxygens (including phenoxy) is 1. The average Bonchev–Trinajstić information content (AvgIpc) is 2.27. The van der Waals surface area contributed by atoms with Crippen molar-refractivity contribution in [2.24, 2.45) is 0 Å². The molecule has 0 aliphatic carbocycles. The zero-order valence-corrected chi connectivity index (χ0v) is 10.7. The van der Waals surface area contributed by atoms with Crippen molar-refractivity contribution < 1.29 is 14.6 Å². The normalized spacial score (nSPS) is 11.3. The largest absolute Gasteiger partial charge is 0.478 e. The fourth-order valence-electron chi connectivity index (χ4n) is 1.05. The minimum Gasteiger partial charge on any atom is -0.478 e. The first-order valence-corrected chi connectivity index (χ1v) is 5.41. The number of aromatic carboxylic acids is 1. The van der Waals surface area contributed by atoms with Crippen LogP contribution in [0.3, 0.4) is 0 Å². The monoisotopic (exact) mass is 258 g/mol. The number of halogens is 1. The Kier molecular flexibility index (Phi) is 4.31. The molecular formula is C11H15ClN2O3. The van der Waals surface area contributed by atoms with Gasteiger partial charge in [-0.3, -0.25) is 0 Å². The van der Waals surface area contributed by atoms with Crippen molar-refractivity contribution in [2.45, 2.75) is 19.4 Å². The smallest absolute Gasteiger partial charge is 0.337 e. The minimum absolute atomic E-state index is 0.0616. The highest BCUT2D eigenvalue weighted by atomic mass is 35.5. The molecule has 0 spiro atoms. The van der Waals surface area contributed by atoms with Gasteiger partial charge in [0.25, 0.3) is 0 Å². The first-order chi connectivity index (χ1) is 7.85. The van der Waals surface area contributed by atoms with E-state index in [0.29, 0.717) is 12.4 Å². The number of rotatable bonds is 5. The van der Waals surface area contributed by atoms with E-state index in [1.807, 2.05) is 13.8 Å². The Morgan fingerprint density at radius 3 is 2.76 bits per heavy atom. The number of anilines is 1. The summed E-state index contributed by atoms with van der Waals surface area (Å²) in [6.45, 7) is 4.35. The summed E-state index contributed by atoms with van der Waals surface area (Å²) in [5.41, 5.74) is -0.289. The van der Waals surface area contributed by atoms with Gasteiger partial charge in [-0.1, -0.05) is 11.6 Å². The minimum atomic E-state index is -1.05. The van der Waals surface area contributed by atoms with Crippen LogP contribution >= 0.6 is 11.6 Å². The van der Waals surface area contributed by atoms with Crippen molar-refractivity contribution >= 4 is 23.4 Å². The van der Waals surface area contributed by atoms with Crippen LogP contribution in [0.1, 0.15) is 24.2 Å². The number of methoxy groups -OCH3 is 1. The van der Waals surface area contributed by atoms with E-state index in [1.165, 1.54) is 12.3 Å². The maximum atomic E-state index is 10.7. The molecule has 0 radical (unpaired) electrons. The summed E-state index contributed by atoms with van der Waals surface area (Å²) in [6.07, 6.45) is 1.26. The Morgan fingerprint density at radius 2 is 2.29 bits per heavy atom. The van der Waals surface area contributed by atoms with E-state index in [2.05, 4.69) is 10.3 Å². The van der Waals surface area contributed by atoms with Crippen LogP contribution < -0.4 is 5.32 Å². The molecule has 0 aliphatic rings. The zero-order valence-electron chi connectivity index (χ0n) is 9.95. The standard InChI is InChI=1S/C11H15ClN2O3/c1-11(2,17-3)6-14-9-8(12)4-7(5-13-9)10(15)16/h4-5H,6H2,1-3H3,(H,13,14)(H,15,16). The Bertz CT molecular complexity index is 421. The maximum absolute atomic E-state index is 10.7. The lowest BCUT2D eigenvalue weighted by molar-refractivity contribution is 0.0343. The predicted molar refractivity (Wildman–Crippen MR) is 65.8 cm³/mol. The highest BCUT2D eigenvalue weighted by Crippen LogP contribution is 2.21. The van der Waals surface area contributed by atoms with Crippen LogP contribution in [0.4, 0.5) is 5.82 Å². The predicted octanol–water partition coefficient (Wildman–Crippen LogP) is 2.27. The van der Waals surface area contributed by atoms with Gasteiger partial charge in [0.2, 0.25) is 0 Å². The molecular weight excluding hydrogens is 244 g/mol. The van der Waals surface area contributed by atoms with Gasteiger partial charge >= 0.3 is 5.97 Å². The van der Waals surface area contributed by atoms with Gasteiger partial charge in [0.1, 0.15) is 5.82 Å². The van der Waals surface area contributed by atoms with Crippen molar-refractivity contribution in [1.82, 2.24) is 4.98 Å². The molecule has 2 N–H and O–H groups in total. The lowest BCUT2D eigenvalue weighted by Crippen LogP contribution is -2.32. The molecule has 0 aromatic carbocycles. The van der Waals surface area contributed by atoms with Crippen LogP contribution in [0, 0.1) is 0 Å². The van der Waals surface area contributed by atoms with Crippen molar-refractivity contribution in [3.63, 3.8) is 0 Å². The quantitative estimate of drug-likeness (QED) is 0.848. The second-order valence-electron chi connectivity index (χ2n) is 4.18. The summed E-state index contributed by atoms with van der Waals surface area (Å²) in [5, 5.41) is 12.0. The van der Waals surface area contributed by atoms with Crippen LogP contribution in [-0.2, 0) is 4.74 Å². The number of pyridine rings is 1. The number of carboxylic acid groups (broad SMARTS) is 1. The molecule has 1 aromatic heterocycles. The molecule has 0 fully saturated rings. The van der Waals surface area contributed by atoms with Crippen molar-refractivity contribution in [1.29, 1.82) is 0 Å². The SMILES string of the molecule is COC(C)(C)CNc1ncc(C(=O)O)cc1Cl. The molecule has 1 aromatic rings. The van der Waals surface area contributed by atoms with E-state index >= 15 is 0 Å². The van der Waals surface area contributed by atoms with E-state index in [1.54, 1.807) is 7.11 Å². The Morgan fingerprint density at radius 1 is 1.65 bits per heavy atom. The first kappa shape index (κ1) is 13.7. The lowest BCUT2D eigenvalue weighted by Gasteiger charge is -2.23. The maximum Gasteiger partial charge on any atom is 0.337 e. The van der Waals surface area contributed by atoms with E-state index in [4.69, 9.17) is 21.4 Å². The summed E-state index contributed by atoms with van der Waals surface area (Å²) in [7, 11) is 1.62. The molecule has 1 rings (SSSR count). The van der Waals surface area contributed by atoms with Gasteiger partial charge in [-0.05, 0) is 19.9 Å². The van der Waals surface area contributed by atoms with Gasteiger partial charge in [0.15, 0.2) is 0 Å². The molecule has 0 aliphatic heterocycles. The molecule has 94 valence electrons. The summed E-state index contributed by atoms with van der Waals surface area (Å²) >= 11 is 5.92. The summed E-state index contributed by atoms with van der Waals surface area (Å²) < 4.78 is 5.23. The Balaban J connectivity index is 2.77. The van der Waals surface area contributed by atoms with Gasteiger partial charge in [-0.15, -0.1) is 0 Å². The first-order valence-electron chi connectivity index (χ1n) is 5.03. The molecule has 0 unspecified atom stereocenters. The molecule has 0 saturated heterocycles. The number of carboxylic acids is 1.